The van der Waals surface area contributed by atoms with Crippen LogP contribution in [0.5, 0.6) is 5.75 Å². The average Bonchev–Trinajstić information content (AvgIpc) is 2.51. The molecule has 0 bridgehead atoms. The third-order valence-corrected chi connectivity index (χ3v) is 3.78. The molecule has 0 saturated heterocycles. The SMILES string of the molecule is O=C(Oc1ccc2c(=O)c(Cl)coc2c1)c1ccc(Br)cc1. The number of carbonyl (C=O) groups excluding carboxylic acids is 1. The number of halogens is 2. The van der Waals surface area contributed by atoms with Gasteiger partial charge in [-0.25, -0.2) is 4.79 Å². The van der Waals surface area contributed by atoms with Gasteiger partial charge in [0.2, 0.25) is 5.43 Å². The summed E-state index contributed by atoms with van der Waals surface area (Å²) < 4.78 is 11.4. The molecule has 0 amide bonds. The van der Waals surface area contributed by atoms with E-state index in [-0.39, 0.29) is 16.2 Å². The number of esters is 1. The normalized spacial score (nSPS) is 10.6. The number of ether oxygens (including phenoxy) is 1. The molecule has 4 nitrogen and oxygen atoms in total. The van der Waals surface area contributed by atoms with Crippen LogP contribution in [0.3, 0.4) is 0 Å². The van der Waals surface area contributed by atoms with Crippen molar-refractivity contribution in [3.63, 3.8) is 0 Å². The lowest BCUT2D eigenvalue weighted by Crippen LogP contribution is -2.08. The molecule has 0 fully saturated rings. The highest BCUT2D eigenvalue weighted by Crippen LogP contribution is 2.21. The smallest absolute Gasteiger partial charge is 0.343 e. The third kappa shape index (κ3) is 2.91. The van der Waals surface area contributed by atoms with Crippen LogP contribution in [-0.2, 0) is 0 Å². The first kappa shape index (κ1) is 14.8. The molecular formula is C16H8BrClO4. The van der Waals surface area contributed by atoms with Crippen molar-refractivity contribution < 1.29 is 13.9 Å². The second-order valence-electron chi connectivity index (χ2n) is 4.47. The van der Waals surface area contributed by atoms with Gasteiger partial charge in [0.05, 0.1) is 10.9 Å². The predicted octanol–water partition coefficient (Wildman–Crippen LogP) is 4.43. The van der Waals surface area contributed by atoms with Gasteiger partial charge in [-0.1, -0.05) is 27.5 Å². The highest BCUT2D eigenvalue weighted by molar-refractivity contribution is 9.10. The van der Waals surface area contributed by atoms with Crippen molar-refractivity contribution >= 4 is 44.5 Å². The van der Waals surface area contributed by atoms with Crippen molar-refractivity contribution in [3.05, 3.63) is 74.0 Å². The number of benzene rings is 2. The summed E-state index contributed by atoms with van der Waals surface area (Å²) in [5.74, 6) is -0.214. The summed E-state index contributed by atoms with van der Waals surface area (Å²) in [4.78, 5) is 23.8. The zero-order valence-electron chi connectivity index (χ0n) is 11.0. The summed E-state index contributed by atoms with van der Waals surface area (Å²) in [6.07, 6.45) is 1.16. The summed E-state index contributed by atoms with van der Waals surface area (Å²) in [6, 6.07) is 11.3. The molecule has 0 aliphatic heterocycles. The van der Waals surface area contributed by atoms with Gasteiger partial charge in [-0.3, -0.25) is 4.79 Å². The molecule has 6 heteroatoms. The van der Waals surface area contributed by atoms with Gasteiger partial charge < -0.3 is 9.15 Å². The molecule has 110 valence electrons. The van der Waals surface area contributed by atoms with Crippen molar-refractivity contribution in [2.24, 2.45) is 0 Å². The molecule has 22 heavy (non-hydrogen) atoms. The maximum atomic E-state index is 12.0. The van der Waals surface area contributed by atoms with E-state index in [9.17, 15) is 9.59 Å². The van der Waals surface area contributed by atoms with Gasteiger partial charge in [0.25, 0.3) is 0 Å². The highest BCUT2D eigenvalue weighted by atomic mass is 79.9. The zero-order chi connectivity index (χ0) is 15.7. The first-order valence-electron chi connectivity index (χ1n) is 6.23. The van der Waals surface area contributed by atoms with Gasteiger partial charge in [0.1, 0.15) is 22.6 Å². The van der Waals surface area contributed by atoms with Crippen LogP contribution in [0.2, 0.25) is 5.02 Å². The van der Waals surface area contributed by atoms with Crippen LogP contribution in [0.15, 0.2) is 62.4 Å². The molecule has 0 radical (unpaired) electrons. The Morgan fingerprint density at radius 1 is 1.14 bits per heavy atom. The Bertz CT molecular complexity index is 916. The molecule has 0 N–H and O–H groups in total. The first-order valence-corrected chi connectivity index (χ1v) is 7.40. The van der Waals surface area contributed by atoms with Crippen molar-refractivity contribution in [3.8, 4) is 5.75 Å². The van der Waals surface area contributed by atoms with Crippen LogP contribution in [0.4, 0.5) is 0 Å². The van der Waals surface area contributed by atoms with E-state index in [4.69, 9.17) is 20.8 Å². The Hall–Kier alpha value is -2.11. The number of hydrogen-bond donors (Lipinski definition) is 0. The van der Waals surface area contributed by atoms with Gasteiger partial charge >= 0.3 is 5.97 Å². The molecule has 3 aromatic rings. The van der Waals surface area contributed by atoms with Crippen molar-refractivity contribution in [1.82, 2.24) is 0 Å². The average molecular weight is 380 g/mol. The highest BCUT2D eigenvalue weighted by Gasteiger charge is 2.11. The minimum atomic E-state index is -0.497. The number of carbonyl (C=O) groups is 1. The molecule has 1 aromatic heterocycles. The van der Waals surface area contributed by atoms with Crippen LogP contribution in [0.1, 0.15) is 10.4 Å². The molecule has 0 aliphatic rings. The molecule has 0 saturated carbocycles. The quantitative estimate of drug-likeness (QED) is 0.488. The number of rotatable bonds is 2. The lowest BCUT2D eigenvalue weighted by Gasteiger charge is -2.05. The Balaban J connectivity index is 1.91. The van der Waals surface area contributed by atoms with E-state index in [0.717, 1.165) is 10.7 Å². The molecule has 0 atom stereocenters. The fraction of sp³-hybridized carbons (Fsp3) is 0. The fourth-order valence-electron chi connectivity index (χ4n) is 1.90. The minimum absolute atomic E-state index is 0.00658. The molecule has 0 unspecified atom stereocenters. The van der Waals surface area contributed by atoms with Crippen LogP contribution >= 0.6 is 27.5 Å². The minimum Gasteiger partial charge on any atom is -0.462 e. The third-order valence-electron chi connectivity index (χ3n) is 2.99. The van der Waals surface area contributed by atoms with Crippen molar-refractivity contribution in [2.75, 3.05) is 0 Å². The van der Waals surface area contributed by atoms with Crippen LogP contribution in [0, 0.1) is 0 Å². The second kappa shape index (κ2) is 5.94. The zero-order valence-corrected chi connectivity index (χ0v) is 13.3. The summed E-state index contributed by atoms with van der Waals surface area (Å²) >= 11 is 9.01. The van der Waals surface area contributed by atoms with Crippen LogP contribution < -0.4 is 10.2 Å². The molecular weight excluding hydrogens is 372 g/mol. The van der Waals surface area contributed by atoms with E-state index < -0.39 is 5.97 Å². The number of hydrogen-bond acceptors (Lipinski definition) is 4. The molecule has 1 heterocycles. The Kier molecular flexibility index (Phi) is 4.00. The van der Waals surface area contributed by atoms with E-state index >= 15 is 0 Å². The van der Waals surface area contributed by atoms with Gasteiger partial charge in [0, 0.05) is 10.5 Å². The summed E-state index contributed by atoms with van der Waals surface area (Å²) in [5, 5.41) is 0.336. The Morgan fingerprint density at radius 3 is 2.59 bits per heavy atom. The molecule has 0 spiro atoms. The summed E-state index contributed by atoms with van der Waals surface area (Å²) in [5.41, 5.74) is 0.394. The molecule has 2 aromatic carbocycles. The monoisotopic (exact) mass is 378 g/mol. The van der Waals surface area contributed by atoms with Crippen LogP contribution in [-0.4, -0.2) is 5.97 Å². The van der Waals surface area contributed by atoms with E-state index in [0.29, 0.717) is 16.5 Å². The largest absolute Gasteiger partial charge is 0.462 e. The predicted molar refractivity (Wildman–Crippen MR) is 86.6 cm³/mol. The van der Waals surface area contributed by atoms with Crippen molar-refractivity contribution in [1.29, 1.82) is 0 Å². The standard InChI is InChI=1S/C16H8BrClO4/c17-10-3-1-9(2-4-10)16(20)22-11-5-6-12-14(7-11)21-8-13(18)15(12)19/h1-8H. The van der Waals surface area contributed by atoms with Crippen molar-refractivity contribution in [2.45, 2.75) is 0 Å². The summed E-state index contributed by atoms with van der Waals surface area (Å²) in [6.45, 7) is 0. The molecule has 3 rings (SSSR count). The van der Waals surface area contributed by atoms with E-state index in [1.54, 1.807) is 24.3 Å². The summed E-state index contributed by atoms with van der Waals surface area (Å²) in [7, 11) is 0. The van der Waals surface area contributed by atoms with E-state index in [1.165, 1.54) is 18.2 Å². The molecule has 0 aliphatic carbocycles. The fourth-order valence-corrected chi connectivity index (χ4v) is 2.31. The van der Waals surface area contributed by atoms with Gasteiger partial charge in [-0.05, 0) is 36.4 Å². The second-order valence-corrected chi connectivity index (χ2v) is 5.79. The van der Waals surface area contributed by atoms with E-state index in [2.05, 4.69) is 15.9 Å². The van der Waals surface area contributed by atoms with E-state index in [1.807, 2.05) is 0 Å². The Labute approximate surface area is 138 Å². The Morgan fingerprint density at radius 2 is 1.86 bits per heavy atom. The first-order chi connectivity index (χ1) is 10.5. The lowest BCUT2D eigenvalue weighted by atomic mass is 10.2. The van der Waals surface area contributed by atoms with Gasteiger partial charge in [0.15, 0.2) is 0 Å². The number of fused-ring (bicyclic) bond motifs is 1. The lowest BCUT2D eigenvalue weighted by molar-refractivity contribution is 0.0735. The van der Waals surface area contributed by atoms with Gasteiger partial charge in [-0.2, -0.15) is 0 Å². The van der Waals surface area contributed by atoms with Crippen LogP contribution in [0.25, 0.3) is 11.0 Å². The topological polar surface area (TPSA) is 56.5 Å². The van der Waals surface area contributed by atoms with Gasteiger partial charge in [-0.15, -0.1) is 0 Å². The maximum Gasteiger partial charge on any atom is 0.343 e. The maximum absolute atomic E-state index is 12.0.